The predicted octanol–water partition coefficient (Wildman–Crippen LogP) is 7.05. The summed E-state index contributed by atoms with van der Waals surface area (Å²) in [5.74, 6) is -17.9. The van der Waals surface area contributed by atoms with Crippen LogP contribution in [-0.2, 0) is 0 Å². The van der Waals surface area contributed by atoms with Crippen molar-refractivity contribution >= 4 is 34.6 Å². The standard InChI is InChI=1S/C26H13F8N3O2/c27-17-9-15(19(29)23(33)21(17)31)25(38)36-13-5-1-11(2-6-13)35-12-3-7-14(8-4-12)37-26(39)16-10-18(28)22(32)24(34)20(16)30/h1-10,35H,(H,36,38)(H,37,39). The Labute approximate surface area is 214 Å². The van der Waals surface area contributed by atoms with Crippen molar-refractivity contribution in [3.05, 3.63) is 118 Å². The van der Waals surface area contributed by atoms with Gasteiger partial charge in [0.15, 0.2) is 46.5 Å². The molecule has 39 heavy (non-hydrogen) atoms. The van der Waals surface area contributed by atoms with Crippen LogP contribution >= 0.6 is 0 Å². The highest BCUT2D eigenvalue weighted by molar-refractivity contribution is 6.05. The predicted molar refractivity (Wildman–Crippen MR) is 125 cm³/mol. The molecule has 0 saturated heterocycles. The third kappa shape index (κ3) is 5.66. The Bertz CT molecular complexity index is 1470. The Kier molecular flexibility index (Phi) is 7.51. The summed E-state index contributed by atoms with van der Waals surface area (Å²) in [6.07, 6.45) is 0. The molecule has 4 rings (SSSR count). The molecule has 0 unspecified atom stereocenters. The van der Waals surface area contributed by atoms with E-state index in [1.54, 1.807) is 0 Å². The first-order chi connectivity index (χ1) is 18.5. The quantitative estimate of drug-likeness (QED) is 0.137. The molecule has 3 N–H and O–H groups in total. The monoisotopic (exact) mass is 551 g/mol. The normalized spacial score (nSPS) is 10.8. The van der Waals surface area contributed by atoms with Crippen molar-refractivity contribution in [1.29, 1.82) is 0 Å². The van der Waals surface area contributed by atoms with E-state index in [-0.39, 0.29) is 23.5 Å². The molecule has 0 saturated carbocycles. The molecule has 0 spiro atoms. The Hall–Kier alpha value is -4.94. The van der Waals surface area contributed by atoms with Gasteiger partial charge >= 0.3 is 0 Å². The van der Waals surface area contributed by atoms with E-state index >= 15 is 0 Å². The lowest BCUT2D eigenvalue weighted by Crippen LogP contribution is -2.16. The second-order valence-electron chi connectivity index (χ2n) is 7.88. The molecule has 0 aliphatic carbocycles. The average Bonchev–Trinajstić information content (AvgIpc) is 2.92. The van der Waals surface area contributed by atoms with Gasteiger partial charge in [0.05, 0.1) is 11.1 Å². The van der Waals surface area contributed by atoms with Gasteiger partial charge in [0.25, 0.3) is 11.8 Å². The number of hydrogen-bond acceptors (Lipinski definition) is 3. The second-order valence-corrected chi connectivity index (χ2v) is 7.88. The molecule has 0 heterocycles. The zero-order valence-electron chi connectivity index (χ0n) is 19.1. The number of carbonyl (C=O) groups is 2. The van der Waals surface area contributed by atoms with E-state index in [1.807, 2.05) is 0 Å². The van der Waals surface area contributed by atoms with Crippen LogP contribution in [0.5, 0.6) is 0 Å². The van der Waals surface area contributed by atoms with Crippen LogP contribution in [0.4, 0.5) is 57.9 Å². The molecule has 0 aliphatic rings. The fourth-order valence-electron chi connectivity index (χ4n) is 3.31. The van der Waals surface area contributed by atoms with E-state index in [1.165, 1.54) is 48.5 Å². The molecule has 0 fully saturated rings. The van der Waals surface area contributed by atoms with E-state index in [9.17, 15) is 44.7 Å². The summed E-state index contributed by atoms with van der Waals surface area (Å²) in [6, 6.07) is 11.9. The molecule has 200 valence electrons. The van der Waals surface area contributed by atoms with Gasteiger partial charge in [-0.25, -0.2) is 35.1 Å². The van der Waals surface area contributed by atoms with Crippen molar-refractivity contribution in [1.82, 2.24) is 0 Å². The van der Waals surface area contributed by atoms with Crippen LogP contribution in [0.25, 0.3) is 0 Å². The Morgan fingerprint density at radius 3 is 1.08 bits per heavy atom. The average molecular weight is 551 g/mol. The highest BCUT2D eigenvalue weighted by Crippen LogP contribution is 2.24. The van der Waals surface area contributed by atoms with Crippen molar-refractivity contribution in [3.8, 4) is 0 Å². The number of anilines is 4. The number of nitrogens with one attached hydrogen (secondary N) is 3. The van der Waals surface area contributed by atoms with Gasteiger partial charge in [0, 0.05) is 22.7 Å². The van der Waals surface area contributed by atoms with E-state index in [2.05, 4.69) is 16.0 Å². The maximum absolute atomic E-state index is 13.8. The van der Waals surface area contributed by atoms with Gasteiger partial charge in [-0.1, -0.05) is 0 Å². The van der Waals surface area contributed by atoms with Gasteiger partial charge < -0.3 is 16.0 Å². The van der Waals surface area contributed by atoms with Crippen LogP contribution < -0.4 is 16.0 Å². The minimum absolute atomic E-state index is 0.119. The molecule has 0 atom stereocenters. The largest absolute Gasteiger partial charge is 0.356 e. The molecule has 0 aromatic heterocycles. The van der Waals surface area contributed by atoms with Crippen molar-refractivity contribution < 1.29 is 44.7 Å². The molecule has 2 amide bonds. The Morgan fingerprint density at radius 2 is 0.744 bits per heavy atom. The van der Waals surface area contributed by atoms with Crippen LogP contribution in [0.3, 0.4) is 0 Å². The van der Waals surface area contributed by atoms with Gasteiger partial charge in [-0.05, 0) is 60.7 Å². The highest BCUT2D eigenvalue weighted by atomic mass is 19.2. The first kappa shape index (κ1) is 27.1. The molecule has 5 nitrogen and oxygen atoms in total. The van der Waals surface area contributed by atoms with Gasteiger partial charge in [0.1, 0.15) is 0 Å². The molecule has 0 aliphatic heterocycles. The third-order valence-electron chi connectivity index (χ3n) is 5.27. The summed E-state index contributed by atoms with van der Waals surface area (Å²) in [7, 11) is 0. The summed E-state index contributed by atoms with van der Waals surface area (Å²) < 4.78 is 107. The highest BCUT2D eigenvalue weighted by Gasteiger charge is 2.24. The maximum Gasteiger partial charge on any atom is 0.258 e. The van der Waals surface area contributed by atoms with E-state index in [0.717, 1.165) is 0 Å². The van der Waals surface area contributed by atoms with Crippen molar-refractivity contribution in [2.45, 2.75) is 0 Å². The molecule has 4 aromatic rings. The molecule has 0 radical (unpaired) electrons. The van der Waals surface area contributed by atoms with E-state index in [4.69, 9.17) is 0 Å². The smallest absolute Gasteiger partial charge is 0.258 e. The lowest BCUT2D eigenvalue weighted by Gasteiger charge is -2.11. The van der Waals surface area contributed by atoms with Crippen LogP contribution in [0.15, 0.2) is 60.7 Å². The number of amides is 2. The summed E-state index contributed by atoms with van der Waals surface area (Å²) >= 11 is 0. The Morgan fingerprint density at radius 1 is 0.436 bits per heavy atom. The minimum atomic E-state index is -2.12. The first-order valence-electron chi connectivity index (χ1n) is 10.7. The number of carbonyl (C=O) groups excluding carboxylic acids is 2. The van der Waals surface area contributed by atoms with Gasteiger partial charge in [0.2, 0.25) is 0 Å². The SMILES string of the molecule is O=C(Nc1ccc(Nc2ccc(NC(=O)c3cc(F)c(F)c(F)c3F)cc2)cc1)c1cc(F)c(F)c(F)c1F. The van der Waals surface area contributed by atoms with E-state index in [0.29, 0.717) is 11.4 Å². The summed E-state index contributed by atoms with van der Waals surface area (Å²) in [5, 5.41) is 7.40. The van der Waals surface area contributed by atoms with Crippen LogP contribution in [0.1, 0.15) is 20.7 Å². The van der Waals surface area contributed by atoms with Crippen molar-refractivity contribution in [2.24, 2.45) is 0 Å². The maximum atomic E-state index is 13.8. The topological polar surface area (TPSA) is 70.2 Å². The molecule has 4 aromatic carbocycles. The fourth-order valence-corrected chi connectivity index (χ4v) is 3.31. The number of benzene rings is 4. The minimum Gasteiger partial charge on any atom is -0.356 e. The molecule has 13 heteroatoms. The second kappa shape index (κ2) is 10.8. The Balaban J connectivity index is 1.39. The van der Waals surface area contributed by atoms with Crippen molar-refractivity contribution in [2.75, 3.05) is 16.0 Å². The number of halogens is 8. The zero-order valence-corrected chi connectivity index (χ0v) is 19.1. The lowest BCUT2D eigenvalue weighted by molar-refractivity contribution is 0.101. The summed E-state index contributed by atoms with van der Waals surface area (Å²) in [5.41, 5.74) is -0.858. The number of rotatable bonds is 6. The van der Waals surface area contributed by atoms with Gasteiger partial charge in [-0.15, -0.1) is 0 Å². The molecule has 0 bridgehead atoms. The van der Waals surface area contributed by atoms with Crippen molar-refractivity contribution in [3.63, 3.8) is 0 Å². The first-order valence-corrected chi connectivity index (χ1v) is 10.7. The molecular formula is C26H13F8N3O2. The zero-order chi connectivity index (χ0) is 28.4. The van der Waals surface area contributed by atoms with Gasteiger partial charge in [-0.2, -0.15) is 0 Å². The third-order valence-corrected chi connectivity index (χ3v) is 5.27. The van der Waals surface area contributed by atoms with Crippen LogP contribution in [0.2, 0.25) is 0 Å². The van der Waals surface area contributed by atoms with Crippen LogP contribution in [0, 0.1) is 46.5 Å². The van der Waals surface area contributed by atoms with E-state index < -0.39 is 69.5 Å². The van der Waals surface area contributed by atoms with Crippen LogP contribution in [-0.4, -0.2) is 11.8 Å². The summed E-state index contributed by atoms with van der Waals surface area (Å²) in [6.45, 7) is 0. The molecular weight excluding hydrogens is 538 g/mol. The lowest BCUT2D eigenvalue weighted by atomic mass is 10.1. The number of hydrogen-bond donors (Lipinski definition) is 3. The summed E-state index contributed by atoms with van der Waals surface area (Å²) in [4.78, 5) is 24.3. The fraction of sp³-hybridized carbons (Fsp3) is 0. The van der Waals surface area contributed by atoms with Gasteiger partial charge in [-0.3, -0.25) is 9.59 Å².